The van der Waals surface area contributed by atoms with Crippen molar-refractivity contribution < 1.29 is 9.53 Å². The molecule has 2 aromatic carbocycles. The highest BCUT2D eigenvalue weighted by Gasteiger charge is 2.31. The van der Waals surface area contributed by atoms with E-state index < -0.39 is 0 Å². The van der Waals surface area contributed by atoms with E-state index in [1.165, 1.54) is 16.7 Å². The first-order valence-electron chi connectivity index (χ1n) is 10.9. The van der Waals surface area contributed by atoms with Gasteiger partial charge in [0.2, 0.25) is 0 Å². The van der Waals surface area contributed by atoms with Gasteiger partial charge in [-0.3, -0.25) is 4.79 Å². The standard InChI is InChI=1S/C25H27N3O2/c1-2-19-14-21-16-27(17-23-5-3-12-30-23)25(29)24(21)15-20(19)13-18-6-8-22(9-7-18)28-11-4-10-26-28/h4,6-11,14-15,23H,2-3,5,12-13,16-17H2,1H3. The number of ether oxygens (including phenoxy) is 1. The number of hydrogen-bond donors (Lipinski definition) is 0. The Balaban J connectivity index is 1.36. The Bertz CT molecular complexity index is 1040. The van der Waals surface area contributed by atoms with Crippen LogP contribution in [0.25, 0.3) is 5.69 Å². The second-order valence-corrected chi connectivity index (χ2v) is 8.25. The normalized spacial score (nSPS) is 18.2. The summed E-state index contributed by atoms with van der Waals surface area (Å²) in [5.74, 6) is 0.151. The molecule has 1 saturated heterocycles. The fourth-order valence-electron chi connectivity index (χ4n) is 4.60. The van der Waals surface area contributed by atoms with Gasteiger partial charge >= 0.3 is 0 Å². The fraction of sp³-hybridized carbons (Fsp3) is 0.360. The summed E-state index contributed by atoms with van der Waals surface area (Å²) in [6.45, 7) is 4.43. The molecular weight excluding hydrogens is 374 g/mol. The van der Waals surface area contributed by atoms with Gasteiger partial charge in [0.25, 0.3) is 5.91 Å². The van der Waals surface area contributed by atoms with Crippen molar-refractivity contribution in [3.8, 4) is 5.69 Å². The monoisotopic (exact) mass is 401 g/mol. The number of amides is 1. The van der Waals surface area contributed by atoms with E-state index in [9.17, 15) is 4.79 Å². The maximum Gasteiger partial charge on any atom is 0.254 e. The van der Waals surface area contributed by atoms with Crippen molar-refractivity contribution in [3.63, 3.8) is 0 Å². The zero-order chi connectivity index (χ0) is 20.5. The van der Waals surface area contributed by atoms with E-state index in [2.05, 4.69) is 48.4 Å². The summed E-state index contributed by atoms with van der Waals surface area (Å²) in [6, 6.07) is 14.8. The first-order chi connectivity index (χ1) is 14.7. The molecule has 0 spiro atoms. The van der Waals surface area contributed by atoms with E-state index in [-0.39, 0.29) is 12.0 Å². The third kappa shape index (κ3) is 3.65. The highest BCUT2D eigenvalue weighted by Crippen LogP contribution is 2.29. The van der Waals surface area contributed by atoms with Gasteiger partial charge in [-0.25, -0.2) is 4.68 Å². The number of aryl methyl sites for hydroxylation is 1. The van der Waals surface area contributed by atoms with Gasteiger partial charge in [-0.1, -0.05) is 25.1 Å². The van der Waals surface area contributed by atoms with Crippen LogP contribution >= 0.6 is 0 Å². The average Bonchev–Trinajstić information content (AvgIpc) is 3.52. The molecule has 5 nitrogen and oxygen atoms in total. The number of carbonyl (C=O) groups excluding carboxylic acids is 1. The molecule has 0 aliphatic carbocycles. The van der Waals surface area contributed by atoms with Crippen molar-refractivity contribution in [2.75, 3.05) is 13.2 Å². The lowest BCUT2D eigenvalue weighted by molar-refractivity contribution is 0.0545. The molecule has 5 rings (SSSR count). The topological polar surface area (TPSA) is 47.4 Å². The van der Waals surface area contributed by atoms with Gasteiger partial charge in [-0.2, -0.15) is 5.10 Å². The number of hydrogen-bond acceptors (Lipinski definition) is 3. The van der Waals surface area contributed by atoms with Crippen molar-refractivity contribution in [2.45, 2.75) is 45.3 Å². The second kappa shape index (κ2) is 8.07. The maximum atomic E-state index is 13.0. The summed E-state index contributed by atoms with van der Waals surface area (Å²) in [4.78, 5) is 15.0. The van der Waals surface area contributed by atoms with Crippen LogP contribution in [-0.4, -0.2) is 39.8 Å². The summed E-state index contributed by atoms with van der Waals surface area (Å²) >= 11 is 0. The van der Waals surface area contributed by atoms with Gasteiger partial charge in [-0.15, -0.1) is 0 Å². The van der Waals surface area contributed by atoms with E-state index in [4.69, 9.17) is 4.74 Å². The van der Waals surface area contributed by atoms with Crippen LogP contribution in [0.4, 0.5) is 0 Å². The molecule has 0 saturated carbocycles. The van der Waals surface area contributed by atoms with E-state index in [1.807, 2.05) is 21.8 Å². The predicted molar refractivity (Wildman–Crippen MR) is 116 cm³/mol. The molecule has 30 heavy (non-hydrogen) atoms. The Hall–Kier alpha value is -2.92. The number of aromatic nitrogens is 2. The van der Waals surface area contributed by atoms with E-state index in [0.717, 1.165) is 49.1 Å². The van der Waals surface area contributed by atoms with Crippen LogP contribution in [0.5, 0.6) is 0 Å². The molecule has 3 aromatic rings. The molecule has 5 heteroatoms. The van der Waals surface area contributed by atoms with Crippen LogP contribution in [0.1, 0.15) is 52.4 Å². The van der Waals surface area contributed by atoms with Crippen molar-refractivity contribution in [2.24, 2.45) is 0 Å². The van der Waals surface area contributed by atoms with E-state index in [1.54, 1.807) is 6.20 Å². The van der Waals surface area contributed by atoms with Gasteiger partial charge in [0.15, 0.2) is 0 Å². The van der Waals surface area contributed by atoms with Gasteiger partial charge < -0.3 is 9.64 Å². The predicted octanol–water partition coefficient (Wildman–Crippen LogP) is 4.16. The van der Waals surface area contributed by atoms with Gasteiger partial charge in [0.05, 0.1) is 11.8 Å². The first-order valence-corrected chi connectivity index (χ1v) is 10.9. The lowest BCUT2D eigenvalue weighted by Crippen LogP contribution is -2.32. The minimum absolute atomic E-state index is 0.151. The highest BCUT2D eigenvalue weighted by atomic mass is 16.5. The third-order valence-electron chi connectivity index (χ3n) is 6.23. The average molecular weight is 402 g/mol. The number of nitrogens with zero attached hydrogens (tertiary/aromatic N) is 3. The summed E-state index contributed by atoms with van der Waals surface area (Å²) < 4.78 is 7.61. The Morgan fingerprint density at radius 2 is 2.03 bits per heavy atom. The third-order valence-corrected chi connectivity index (χ3v) is 6.23. The first kappa shape index (κ1) is 19.1. The van der Waals surface area contributed by atoms with Crippen LogP contribution in [0.3, 0.4) is 0 Å². The van der Waals surface area contributed by atoms with Crippen LogP contribution in [-0.2, 0) is 24.1 Å². The van der Waals surface area contributed by atoms with E-state index >= 15 is 0 Å². The number of benzene rings is 2. The summed E-state index contributed by atoms with van der Waals surface area (Å²) in [7, 11) is 0. The molecule has 0 N–H and O–H groups in total. The second-order valence-electron chi connectivity index (χ2n) is 8.25. The Kier molecular flexibility index (Phi) is 5.13. The lowest BCUT2D eigenvalue weighted by Gasteiger charge is -2.19. The number of rotatable bonds is 6. The molecule has 154 valence electrons. The van der Waals surface area contributed by atoms with E-state index in [0.29, 0.717) is 13.1 Å². The zero-order valence-electron chi connectivity index (χ0n) is 17.4. The molecule has 1 fully saturated rings. The molecule has 1 amide bonds. The smallest absolute Gasteiger partial charge is 0.254 e. The summed E-state index contributed by atoms with van der Waals surface area (Å²) in [5.41, 5.74) is 6.89. The SMILES string of the molecule is CCc1cc2c(cc1Cc1ccc(-n3cccn3)cc1)C(=O)N(CC1CCCO1)C2. The number of carbonyl (C=O) groups is 1. The zero-order valence-corrected chi connectivity index (χ0v) is 17.4. The van der Waals surface area contributed by atoms with Crippen molar-refractivity contribution in [1.82, 2.24) is 14.7 Å². The molecule has 0 radical (unpaired) electrons. The Labute approximate surface area is 177 Å². The van der Waals surface area contributed by atoms with Gasteiger partial charge in [-0.05, 0) is 72.2 Å². The summed E-state index contributed by atoms with van der Waals surface area (Å²) in [6.07, 6.45) is 7.87. The minimum atomic E-state index is 0.151. The highest BCUT2D eigenvalue weighted by molar-refractivity contribution is 5.98. The molecule has 1 aromatic heterocycles. The van der Waals surface area contributed by atoms with Gasteiger partial charge in [0.1, 0.15) is 0 Å². The largest absolute Gasteiger partial charge is 0.376 e. The molecule has 3 heterocycles. The Morgan fingerprint density at radius 3 is 2.73 bits per heavy atom. The molecule has 2 aliphatic rings. The van der Waals surface area contributed by atoms with Crippen molar-refractivity contribution in [1.29, 1.82) is 0 Å². The minimum Gasteiger partial charge on any atom is -0.376 e. The fourth-order valence-corrected chi connectivity index (χ4v) is 4.60. The molecule has 0 bridgehead atoms. The molecule has 1 atom stereocenters. The van der Waals surface area contributed by atoms with Gasteiger partial charge in [0, 0.05) is 37.7 Å². The number of fused-ring (bicyclic) bond motifs is 1. The van der Waals surface area contributed by atoms with Crippen molar-refractivity contribution in [3.05, 3.63) is 82.7 Å². The van der Waals surface area contributed by atoms with Crippen LogP contribution in [0.15, 0.2) is 54.9 Å². The lowest BCUT2D eigenvalue weighted by atomic mass is 9.93. The van der Waals surface area contributed by atoms with Crippen molar-refractivity contribution >= 4 is 5.91 Å². The van der Waals surface area contributed by atoms with Crippen LogP contribution in [0, 0.1) is 0 Å². The molecule has 2 aliphatic heterocycles. The Morgan fingerprint density at radius 1 is 1.17 bits per heavy atom. The quantitative estimate of drug-likeness (QED) is 0.623. The maximum absolute atomic E-state index is 13.0. The molecular formula is C25H27N3O2. The van der Waals surface area contributed by atoms with Crippen LogP contribution in [0.2, 0.25) is 0 Å². The summed E-state index contributed by atoms with van der Waals surface area (Å²) in [5, 5.41) is 4.28. The van der Waals surface area contributed by atoms with Crippen LogP contribution < -0.4 is 0 Å². The molecule has 1 unspecified atom stereocenters.